The van der Waals surface area contributed by atoms with Crippen LogP contribution in [0.4, 0.5) is 0 Å². The Kier molecular flexibility index (Phi) is 2.11. The molecular weight excluding hydrogens is 328 g/mol. The van der Waals surface area contributed by atoms with Gasteiger partial charge in [0.1, 0.15) is 22.3 Å². The Morgan fingerprint density at radius 3 is 2.24 bits per heavy atom. The van der Waals surface area contributed by atoms with Gasteiger partial charge >= 0.3 is 0 Å². The number of hydrogen-bond acceptors (Lipinski definition) is 2. The number of fused-ring (bicyclic) bond motifs is 7. The Labute approximate surface area is 128 Å². The van der Waals surface area contributed by atoms with Crippen LogP contribution in [0, 0.1) is 0 Å². The predicted molar refractivity (Wildman–Crippen MR) is 88.7 cm³/mol. The molecule has 100 valence electrons. The molecule has 0 N–H and O–H groups in total. The van der Waals surface area contributed by atoms with Gasteiger partial charge in [-0.05, 0) is 40.2 Å². The largest absolute Gasteiger partial charge is 0.456 e. The molecule has 0 fully saturated rings. The van der Waals surface area contributed by atoms with Gasteiger partial charge in [0, 0.05) is 21.5 Å². The summed E-state index contributed by atoms with van der Waals surface area (Å²) >= 11 is 3.56. The number of halogens is 1. The van der Waals surface area contributed by atoms with E-state index in [-0.39, 0.29) is 0 Å². The quantitative estimate of drug-likeness (QED) is 0.334. The lowest BCUT2D eigenvalue weighted by atomic mass is 10.1. The summed E-state index contributed by atoms with van der Waals surface area (Å²) in [6, 6.07) is 18.2. The molecular formula is C18H9BrO2. The first-order valence-electron chi connectivity index (χ1n) is 6.74. The van der Waals surface area contributed by atoms with E-state index in [1.165, 1.54) is 0 Å². The molecule has 0 atom stereocenters. The van der Waals surface area contributed by atoms with Crippen molar-refractivity contribution in [2.75, 3.05) is 0 Å². The third kappa shape index (κ3) is 1.41. The summed E-state index contributed by atoms with van der Waals surface area (Å²) in [5.41, 5.74) is 3.57. The molecule has 0 bridgehead atoms. The molecule has 0 aliphatic heterocycles. The molecule has 2 nitrogen and oxygen atoms in total. The van der Waals surface area contributed by atoms with Gasteiger partial charge in [-0.3, -0.25) is 0 Å². The van der Waals surface area contributed by atoms with Crippen molar-refractivity contribution in [3.63, 3.8) is 0 Å². The SMILES string of the molecule is Brc1cccc2c1oc1ccc3oc4ccccc4c3c12. The molecule has 0 unspecified atom stereocenters. The Bertz CT molecular complexity index is 1150. The normalized spacial score (nSPS) is 12.0. The zero-order valence-electron chi connectivity index (χ0n) is 10.9. The molecule has 0 aliphatic rings. The minimum atomic E-state index is 0.880. The summed E-state index contributed by atoms with van der Waals surface area (Å²) in [7, 11) is 0. The van der Waals surface area contributed by atoms with Gasteiger partial charge < -0.3 is 8.83 Å². The average Bonchev–Trinajstić information content (AvgIpc) is 3.05. The second-order valence-corrected chi connectivity index (χ2v) is 5.98. The highest BCUT2D eigenvalue weighted by atomic mass is 79.9. The van der Waals surface area contributed by atoms with Crippen molar-refractivity contribution in [3.05, 3.63) is 59.1 Å². The van der Waals surface area contributed by atoms with Crippen molar-refractivity contribution in [2.24, 2.45) is 0 Å². The van der Waals surface area contributed by atoms with E-state index in [2.05, 4.69) is 28.1 Å². The van der Waals surface area contributed by atoms with Crippen LogP contribution in [-0.2, 0) is 0 Å². The van der Waals surface area contributed by atoms with E-state index in [1.807, 2.05) is 42.5 Å². The Balaban J connectivity index is 2.17. The second-order valence-electron chi connectivity index (χ2n) is 5.13. The lowest BCUT2D eigenvalue weighted by molar-refractivity contribution is 0.661. The van der Waals surface area contributed by atoms with Gasteiger partial charge in [0.05, 0.1) is 4.47 Å². The lowest BCUT2D eigenvalue weighted by Gasteiger charge is -1.93. The first-order chi connectivity index (χ1) is 10.3. The van der Waals surface area contributed by atoms with Crippen LogP contribution in [-0.4, -0.2) is 0 Å². The highest BCUT2D eigenvalue weighted by molar-refractivity contribution is 9.10. The summed E-state index contributed by atoms with van der Waals surface area (Å²) in [6.45, 7) is 0. The number of para-hydroxylation sites is 2. The predicted octanol–water partition coefficient (Wildman–Crippen LogP) is 6.25. The number of benzene rings is 3. The van der Waals surface area contributed by atoms with Crippen LogP contribution in [0.15, 0.2) is 67.9 Å². The monoisotopic (exact) mass is 336 g/mol. The smallest absolute Gasteiger partial charge is 0.149 e. The molecule has 2 aromatic heterocycles. The topological polar surface area (TPSA) is 26.3 Å². The molecule has 5 aromatic rings. The number of rotatable bonds is 0. The minimum Gasteiger partial charge on any atom is -0.456 e. The Hall–Kier alpha value is -2.26. The van der Waals surface area contributed by atoms with Gasteiger partial charge in [0.25, 0.3) is 0 Å². The highest BCUT2D eigenvalue weighted by Gasteiger charge is 2.16. The molecule has 0 aliphatic carbocycles. The van der Waals surface area contributed by atoms with Gasteiger partial charge in [-0.2, -0.15) is 0 Å². The summed E-state index contributed by atoms with van der Waals surface area (Å²) in [5, 5.41) is 4.48. The maximum atomic E-state index is 6.02. The van der Waals surface area contributed by atoms with Crippen LogP contribution in [0.3, 0.4) is 0 Å². The van der Waals surface area contributed by atoms with E-state index in [0.29, 0.717) is 0 Å². The van der Waals surface area contributed by atoms with Gasteiger partial charge in [-0.1, -0.05) is 30.3 Å². The first-order valence-corrected chi connectivity index (χ1v) is 7.53. The van der Waals surface area contributed by atoms with E-state index in [4.69, 9.17) is 8.83 Å². The van der Waals surface area contributed by atoms with Gasteiger partial charge in [-0.25, -0.2) is 0 Å². The molecule has 0 radical (unpaired) electrons. The van der Waals surface area contributed by atoms with Gasteiger partial charge in [-0.15, -0.1) is 0 Å². The zero-order chi connectivity index (χ0) is 14.0. The summed E-state index contributed by atoms with van der Waals surface area (Å²) in [5.74, 6) is 0. The van der Waals surface area contributed by atoms with E-state index in [9.17, 15) is 0 Å². The Morgan fingerprint density at radius 1 is 0.619 bits per heavy atom. The van der Waals surface area contributed by atoms with Crippen molar-refractivity contribution < 1.29 is 8.83 Å². The maximum absolute atomic E-state index is 6.02. The maximum Gasteiger partial charge on any atom is 0.149 e. The third-order valence-corrected chi connectivity index (χ3v) is 4.58. The molecule has 0 saturated heterocycles. The average molecular weight is 337 g/mol. The van der Waals surface area contributed by atoms with Crippen LogP contribution >= 0.6 is 15.9 Å². The van der Waals surface area contributed by atoms with E-state index < -0.39 is 0 Å². The standard InChI is InChI=1S/C18H9BrO2/c19-12-6-3-5-11-17-15(21-18(11)12)9-8-14-16(17)10-4-1-2-7-13(10)20-14/h1-9H. The molecule has 3 heteroatoms. The summed E-state index contributed by atoms with van der Waals surface area (Å²) < 4.78 is 12.9. The molecule has 2 heterocycles. The van der Waals surface area contributed by atoms with Crippen molar-refractivity contribution in [1.82, 2.24) is 0 Å². The molecule has 3 aromatic carbocycles. The Morgan fingerprint density at radius 2 is 1.33 bits per heavy atom. The molecule has 5 rings (SSSR count). The van der Waals surface area contributed by atoms with Crippen molar-refractivity contribution in [3.8, 4) is 0 Å². The van der Waals surface area contributed by atoms with Crippen LogP contribution in [0.5, 0.6) is 0 Å². The number of hydrogen-bond donors (Lipinski definition) is 0. The minimum absolute atomic E-state index is 0.880. The van der Waals surface area contributed by atoms with Crippen molar-refractivity contribution >= 4 is 59.8 Å². The third-order valence-electron chi connectivity index (χ3n) is 3.95. The second kappa shape index (κ2) is 3.89. The van der Waals surface area contributed by atoms with Crippen LogP contribution in [0.1, 0.15) is 0 Å². The van der Waals surface area contributed by atoms with Crippen LogP contribution in [0.25, 0.3) is 43.9 Å². The fourth-order valence-electron chi connectivity index (χ4n) is 3.07. The molecule has 0 spiro atoms. The molecule has 0 amide bonds. The zero-order valence-corrected chi connectivity index (χ0v) is 12.5. The summed E-state index contributed by atoms with van der Waals surface area (Å²) in [4.78, 5) is 0. The van der Waals surface area contributed by atoms with E-state index in [0.717, 1.165) is 48.3 Å². The van der Waals surface area contributed by atoms with Crippen molar-refractivity contribution in [2.45, 2.75) is 0 Å². The first kappa shape index (κ1) is 11.4. The lowest BCUT2D eigenvalue weighted by Crippen LogP contribution is -1.71. The van der Waals surface area contributed by atoms with Crippen molar-refractivity contribution in [1.29, 1.82) is 0 Å². The fourth-order valence-corrected chi connectivity index (χ4v) is 3.52. The summed E-state index contributed by atoms with van der Waals surface area (Å²) in [6.07, 6.45) is 0. The van der Waals surface area contributed by atoms with Gasteiger partial charge in [0.2, 0.25) is 0 Å². The number of furan rings is 2. The molecule has 21 heavy (non-hydrogen) atoms. The van der Waals surface area contributed by atoms with Gasteiger partial charge in [0.15, 0.2) is 0 Å². The fraction of sp³-hybridized carbons (Fsp3) is 0. The van der Waals surface area contributed by atoms with E-state index >= 15 is 0 Å². The highest BCUT2D eigenvalue weighted by Crippen LogP contribution is 2.41. The van der Waals surface area contributed by atoms with Crippen LogP contribution < -0.4 is 0 Å². The van der Waals surface area contributed by atoms with E-state index in [1.54, 1.807) is 0 Å². The van der Waals surface area contributed by atoms with Crippen LogP contribution in [0.2, 0.25) is 0 Å². The molecule has 0 saturated carbocycles.